The molecule has 20 heavy (non-hydrogen) atoms. The quantitative estimate of drug-likeness (QED) is 0.912. The van der Waals surface area contributed by atoms with Gasteiger partial charge in [-0.3, -0.25) is 0 Å². The summed E-state index contributed by atoms with van der Waals surface area (Å²) in [5.41, 5.74) is 5.52. The highest BCUT2D eigenvalue weighted by molar-refractivity contribution is 5.32. The second-order valence-corrected chi connectivity index (χ2v) is 6.05. The first kappa shape index (κ1) is 13.5. The van der Waals surface area contributed by atoms with Crippen LogP contribution in [0.15, 0.2) is 0 Å². The van der Waals surface area contributed by atoms with Gasteiger partial charge in [-0.1, -0.05) is 38.5 Å². The molecule has 2 fully saturated rings. The first-order valence-electron chi connectivity index (χ1n) is 7.96. The lowest BCUT2D eigenvalue weighted by Gasteiger charge is -2.41. The van der Waals surface area contributed by atoms with Crippen LogP contribution in [0.5, 0.6) is 0 Å². The Labute approximate surface area is 120 Å². The zero-order valence-electron chi connectivity index (χ0n) is 12.0. The van der Waals surface area contributed by atoms with Crippen LogP contribution in [0.25, 0.3) is 0 Å². The molecule has 6 heteroatoms. The van der Waals surface area contributed by atoms with Crippen molar-refractivity contribution in [2.45, 2.75) is 76.3 Å². The van der Waals surface area contributed by atoms with Crippen LogP contribution in [0.1, 0.15) is 64.2 Å². The molecule has 2 N–H and O–H groups in total. The number of aromatic nitrogens is 4. The van der Waals surface area contributed by atoms with Crippen LogP contribution in [-0.4, -0.2) is 32.5 Å². The second-order valence-electron chi connectivity index (χ2n) is 6.05. The van der Waals surface area contributed by atoms with E-state index >= 15 is 0 Å². The van der Waals surface area contributed by atoms with Gasteiger partial charge in [-0.25, -0.2) is 0 Å². The third kappa shape index (κ3) is 2.99. The van der Waals surface area contributed by atoms with Gasteiger partial charge < -0.3 is 10.6 Å². The molecule has 0 unspecified atom stereocenters. The molecular weight excluding hydrogens is 252 g/mol. The fourth-order valence-corrected chi connectivity index (χ4v) is 3.68. The highest BCUT2D eigenvalue weighted by Gasteiger charge is 2.31. The SMILES string of the molecule is Nc1nnc(N(C2CCCCC2)C2CCCCC2)nn1. The number of rotatable bonds is 3. The van der Waals surface area contributed by atoms with E-state index in [9.17, 15) is 0 Å². The molecule has 3 rings (SSSR count). The summed E-state index contributed by atoms with van der Waals surface area (Å²) in [6.07, 6.45) is 12.9. The average Bonchev–Trinajstić information content (AvgIpc) is 2.52. The van der Waals surface area contributed by atoms with Crippen molar-refractivity contribution in [1.82, 2.24) is 20.4 Å². The highest BCUT2D eigenvalue weighted by Crippen LogP contribution is 2.32. The van der Waals surface area contributed by atoms with Crippen molar-refractivity contribution in [3.8, 4) is 0 Å². The van der Waals surface area contributed by atoms with E-state index in [0.29, 0.717) is 18.0 Å². The van der Waals surface area contributed by atoms with Crippen molar-refractivity contribution in [3.63, 3.8) is 0 Å². The molecule has 0 spiro atoms. The molecule has 0 saturated heterocycles. The summed E-state index contributed by atoms with van der Waals surface area (Å²) in [5.74, 6) is 0.832. The number of anilines is 2. The molecule has 0 atom stereocenters. The van der Waals surface area contributed by atoms with Crippen molar-refractivity contribution in [3.05, 3.63) is 0 Å². The lowest BCUT2D eigenvalue weighted by molar-refractivity contribution is 0.334. The normalized spacial score (nSPS) is 21.8. The van der Waals surface area contributed by atoms with E-state index in [0.717, 1.165) is 0 Å². The Kier molecular flexibility index (Phi) is 4.28. The molecule has 1 aromatic rings. The molecular formula is C14H24N6. The Hall–Kier alpha value is -1.46. The molecule has 2 saturated carbocycles. The number of nitrogens with two attached hydrogens (primary N) is 1. The number of hydrogen-bond donors (Lipinski definition) is 1. The summed E-state index contributed by atoms with van der Waals surface area (Å²) >= 11 is 0. The fourth-order valence-electron chi connectivity index (χ4n) is 3.68. The average molecular weight is 276 g/mol. The Morgan fingerprint density at radius 3 is 1.60 bits per heavy atom. The molecule has 0 radical (unpaired) electrons. The van der Waals surface area contributed by atoms with Gasteiger partial charge in [0.1, 0.15) is 0 Å². The second kappa shape index (κ2) is 6.33. The van der Waals surface area contributed by atoms with Gasteiger partial charge in [0.2, 0.25) is 0 Å². The van der Waals surface area contributed by atoms with Gasteiger partial charge in [0.25, 0.3) is 11.9 Å². The standard InChI is InChI=1S/C14H24N6/c15-13-16-18-14(19-17-13)20(11-7-3-1-4-8-11)12-9-5-2-6-10-12/h11-12H,1-10H2,(H2,15,16,17). The van der Waals surface area contributed by atoms with E-state index in [1.54, 1.807) is 0 Å². The summed E-state index contributed by atoms with van der Waals surface area (Å²) in [4.78, 5) is 2.41. The molecule has 2 aliphatic carbocycles. The van der Waals surface area contributed by atoms with E-state index in [-0.39, 0.29) is 5.95 Å². The maximum atomic E-state index is 5.52. The Morgan fingerprint density at radius 2 is 1.15 bits per heavy atom. The lowest BCUT2D eigenvalue weighted by atomic mass is 9.89. The van der Waals surface area contributed by atoms with E-state index in [4.69, 9.17) is 5.73 Å². The molecule has 1 aromatic heterocycles. The van der Waals surface area contributed by atoms with Crippen molar-refractivity contribution in [2.75, 3.05) is 10.6 Å². The van der Waals surface area contributed by atoms with Crippen LogP contribution in [0.4, 0.5) is 11.9 Å². The summed E-state index contributed by atoms with van der Waals surface area (Å²) in [6.45, 7) is 0. The molecule has 0 bridgehead atoms. The lowest BCUT2D eigenvalue weighted by Crippen LogP contribution is -2.46. The summed E-state index contributed by atoms with van der Waals surface area (Å²) in [5, 5.41) is 16.2. The first-order chi connectivity index (χ1) is 9.84. The van der Waals surface area contributed by atoms with Gasteiger partial charge in [0, 0.05) is 12.1 Å². The monoisotopic (exact) mass is 276 g/mol. The fraction of sp³-hybridized carbons (Fsp3) is 0.857. The van der Waals surface area contributed by atoms with E-state index in [2.05, 4.69) is 25.3 Å². The van der Waals surface area contributed by atoms with Gasteiger partial charge in [-0.15, -0.1) is 20.4 Å². The zero-order chi connectivity index (χ0) is 13.8. The minimum absolute atomic E-state index is 0.154. The van der Waals surface area contributed by atoms with E-state index in [1.165, 1.54) is 64.2 Å². The van der Waals surface area contributed by atoms with Crippen LogP contribution in [0, 0.1) is 0 Å². The predicted molar refractivity (Wildman–Crippen MR) is 78.3 cm³/mol. The maximum Gasteiger partial charge on any atom is 0.265 e. The van der Waals surface area contributed by atoms with Gasteiger partial charge in [0.15, 0.2) is 0 Å². The molecule has 0 amide bonds. The maximum absolute atomic E-state index is 5.52. The van der Waals surface area contributed by atoms with Crippen molar-refractivity contribution >= 4 is 11.9 Å². The van der Waals surface area contributed by atoms with Crippen LogP contribution < -0.4 is 10.6 Å². The number of hydrogen-bond acceptors (Lipinski definition) is 6. The molecule has 110 valence electrons. The van der Waals surface area contributed by atoms with Crippen molar-refractivity contribution in [1.29, 1.82) is 0 Å². The first-order valence-corrected chi connectivity index (χ1v) is 7.96. The Balaban J connectivity index is 1.83. The number of nitrogens with zero attached hydrogens (tertiary/aromatic N) is 5. The Morgan fingerprint density at radius 1 is 0.700 bits per heavy atom. The van der Waals surface area contributed by atoms with Crippen molar-refractivity contribution in [2.24, 2.45) is 0 Å². The van der Waals surface area contributed by atoms with Crippen LogP contribution >= 0.6 is 0 Å². The van der Waals surface area contributed by atoms with Crippen molar-refractivity contribution < 1.29 is 0 Å². The molecule has 0 aliphatic heterocycles. The highest BCUT2D eigenvalue weighted by atomic mass is 15.4. The molecule has 0 aromatic carbocycles. The molecule has 6 nitrogen and oxygen atoms in total. The zero-order valence-corrected chi connectivity index (χ0v) is 12.0. The van der Waals surface area contributed by atoms with Crippen LogP contribution in [0.3, 0.4) is 0 Å². The van der Waals surface area contributed by atoms with Crippen LogP contribution in [0.2, 0.25) is 0 Å². The topological polar surface area (TPSA) is 80.8 Å². The van der Waals surface area contributed by atoms with Gasteiger partial charge in [-0.05, 0) is 25.7 Å². The summed E-state index contributed by atoms with van der Waals surface area (Å²) in [7, 11) is 0. The number of nitrogen functional groups attached to an aromatic ring is 1. The van der Waals surface area contributed by atoms with Crippen LogP contribution in [-0.2, 0) is 0 Å². The summed E-state index contributed by atoms with van der Waals surface area (Å²) in [6, 6.07) is 1.11. The smallest absolute Gasteiger partial charge is 0.265 e. The molecule has 2 aliphatic rings. The summed E-state index contributed by atoms with van der Waals surface area (Å²) < 4.78 is 0. The third-order valence-corrected chi connectivity index (χ3v) is 4.65. The van der Waals surface area contributed by atoms with Gasteiger partial charge >= 0.3 is 0 Å². The Bertz CT molecular complexity index is 390. The minimum Gasteiger partial charge on any atom is -0.365 e. The van der Waals surface area contributed by atoms with E-state index < -0.39 is 0 Å². The van der Waals surface area contributed by atoms with Gasteiger partial charge in [0.05, 0.1) is 0 Å². The molecule has 1 heterocycles. The largest absolute Gasteiger partial charge is 0.365 e. The van der Waals surface area contributed by atoms with E-state index in [1.807, 2.05) is 0 Å². The predicted octanol–water partition coefficient (Wildman–Crippen LogP) is 2.32. The third-order valence-electron chi connectivity index (χ3n) is 4.65. The minimum atomic E-state index is 0.154. The van der Waals surface area contributed by atoms with Gasteiger partial charge in [-0.2, -0.15) is 0 Å².